The molecule has 1 aliphatic carbocycles. The molecule has 1 aliphatic rings. The van der Waals surface area contributed by atoms with Gasteiger partial charge in [0.2, 0.25) is 0 Å². The molecule has 90 valence electrons. The molecule has 0 saturated heterocycles. The van der Waals surface area contributed by atoms with E-state index in [4.69, 9.17) is 4.52 Å². The second kappa shape index (κ2) is 6.00. The fourth-order valence-electron chi connectivity index (χ4n) is 2.19. The molecule has 0 aromatic heterocycles. The summed E-state index contributed by atoms with van der Waals surface area (Å²) in [5.41, 5.74) is 0. The molecule has 1 fully saturated rings. The summed E-state index contributed by atoms with van der Waals surface area (Å²) in [5.74, 6) is 0.759. The van der Waals surface area contributed by atoms with Gasteiger partial charge in [-0.15, -0.1) is 0 Å². The van der Waals surface area contributed by atoms with E-state index in [0.717, 1.165) is 31.6 Å². The first-order chi connectivity index (χ1) is 7.07. The van der Waals surface area contributed by atoms with E-state index in [2.05, 4.69) is 6.92 Å². The minimum Gasteiger partial charge on any atom is -0.302 e. The first-order valence-electron chi connectivity index (χ1n) is 6.04. The van der Waals surface area contributed by atoms with Gasteiger partial charge in [0.25, 0.3) is 0 Å². The summed E-state index contributed by atoms with van der Waals surface area (Å²) in [6.45, 7) is 4.01. The number of halogens is 1. The summed E-state index contributed by atoms with van der Waals surface area (Å²) in [7, 11) is -3.79. The van der Waals surface area contributed by atoms with Gasteiger partial charge in [-0.1, -0.05) is 20.3 Å². The van der Waals surface area contributed by atoms with E-state index in [9.17, 15) is 8.76 Å². The SMILES string of the molecule is CCCP(=O)(F)OC1CCC(CC)CC1. The molecule has 0 N–H and O–H groups in total. The van der Waals surface area contributed by atoms with Gasteiger partial charge in [0.15, 0.2) is 0 Å². The highest BCUT2D eigenvalue weighted by atomic mass is 31.2. The lowest BCUT2D eigenvalue weighted by molar-refractivity contribution is 0.123. The Morgan fingerprint density at radius 3 is 2.33 bits per heavy atom. The van der Waals surface area contributed by atoms with Crippen molar-refractivity contribution < 1.29 is 13.3 Å². The Balaban J connectivity index is 2.32. The van der Waals surface area contributed by atoms with E-state index in [0.29, 0.717) is 6.42 Å². The van der Waals surface area contributed by atoms with Crippen LogP contribution in [-0.4, -0.2) is 12.3 Å². The molecule has 15 heavy (non-hydrogen) atoms. The molecule has 1 rings (SSSR count). The third-order valence-corrected chi connectivity index (χ3v) is 4.76. The molecule has 1 atom stereocenters. The molecule has 0 aromatic rings. The highest BCUT2D eigenvalue weighted by molar-refractivity contribution is 7.53. The molecule has 1 saturated carbocycles. The Morgan fingerprint density at radius 2 is 1.87 bits per heavy atom. The smallest absolute Gasteiger partial charge is 0.302 e. The summed E-state index contributed by atoms with van der Waals surface area (Å²) in [6, 6.07) is 0. The van der Waals surface area contributed by atoms with E-state index >= 15 is 0 Å². The molecule has 0 radical (unpaired) electrons. The van der Waals surface area contributed by atoms with E-state index in [1.54, 1.807) is 0 Å². The van der Waals surface area contributed by atoms with Crippen molar-refractivity contribution in [2.45, 2.75) is 58.5 Å². The van der Waals surface area contributed by atoms with Gasteiger partial charge < -0.3 is 4.52 Å². The van der Waals surface area contributed by atoms with Gasteiger partial charge in [-0.25, -0.2) is 0 Å². The zero-order valence-electron chi connectivity index (χ0n) is 9.75. The van der Waals surface area contributed by atoms with Crippen LogP contribution in [-0.2, 0) is 9.09 Å². The van der Waals surface area contributed by atoms with Crippen molar-refractivity contribution in [3.05, 3.63) is 0 Å². The predicted molar refractivity (Wildman–Crippen MR) is 61.0 cm³/mol. The fraction of sp³-hybridized carbons (Fsp3) is 1.00. The second-order valence-corrected chi connectivity index (χ2v) is 6.31. The van der Waals surface area contributed by atoms with Gasteiger partial charge >= 0.3 is 7.68 Å². The van der Waals surface area contributed by atoms with Crippen LogP contribution in [0.5, 0.6) is 0 Å². The Bertz CT molecular complexity index is 225. The lowest BCUT2D eigenvalue weighted by Gasteiger charge is -2.28. The number of rotatable bonds is 5. The molecule has 4 heteroatoms. The van der Waals surface area contributed by atoms with Gasteiger partial charge in [-0.2, -0.15) is 4.20 Å². The van der Waals surface area contributed by atoms with Gasteiger partial charge in [0, 0.05) is 0 Å². The molecular formula is C11H22FO2P. The topological polar surface area (TPSA) is 26.3 Å². The van der Waals surface area contributed by atoms with Gasteiger partial charge in [-0.05, 0) is 38.0 Å². The maximum absolute atomic E-state index is 13.4. The fourth-order valence-corrected chi connectivity index (χ4v) is 3.48. The average Bonchev–Trinajstić information content (AvgIpc) is 2.18. The van der Waals surface area contributed by atoms with E-state index in [1.807, 2.05) is 6.92 Å². The Labute approximate surface area is 92.2 Å². The predicted octanol–water partition coefficient (Wildman–Crippen LogP) is 4.54. The summed E-state index contributed by atoms with van der Waals surface area (Å²) >= 11 is 0. The molecule has 0 amide bonds. The summed E-state index contributed by atoms with van der Waals surface area (Å²) < 4.78 is 29.8. The van der Waals surface area contributed by atoms with E-state index in [-0.39, 0.29) is 12.3 Å². The standard InChI is InChI=1S/C11H22FO2P/c1-3-9-15(12,13)14-11-7-5-10(4-2)6-8-11/h10-11H,3-9H2,1-2H3. The molecule has 0 aliphatic heterocycles. The van der Waals surface area contributed by atoms with Crippen LogP contribution in [0.4, 0.5) is 4.20 Å². The maximum Gasteiger partial charge on any atom is 0.367 e. The van der Waals surface area contributed by atoms with Crippen LogP contribution in [0.1, 0.15) is 52.4 Å². The molecule has 0 bridgehead atoms. The van der Waals surface area contributed by atoms with Gasteiger partial charge in [0.1, 0.15) is 0 Å². The largest absolute Gasteiger partial charge is 0.367 e. The van der Waals surface area contributed by atoms with Crippen molar-refractivity contribution in [3.8, 4) is 0 Å². The van der Waals surface area contributed by atoms with Crippen LogP contribution < -0.4 is 0 Å². The quantitative estimate of drug-likeness (QED) is 0.655. The molecule has 1 unspecified atom stereocenters. The van der Waals surface area contributed by atoms with Crippen LogP contribution in [0.15, 0.2) is 0 Å². The second-order valence-electron chi connectivity index (χ2n) is 4.47. The maximum atomic E-state index is 13.4. The number of hydrogen-bond donors (Lipinski definition) is 0. The minimum absolute atomic E-state index is 0.0701. The molecule has 0 spiro atoms. The highest BCUT2D eigenvalue weighted by Gasteiger charge is 2.29. The monoisotopic (exact) mass is 236 g/mol. The Kier molecular flexibility index (Phi) is 5.28. The zero-order valence-corrected chi connectivity index (χ0v) is 10.6. The van der Waals surface area contributed by atoms with E-state index < -0.39 is 7.68 Å². The van der Waals surface area contributed by atoms with E-state index in [1.165, 1.54) is 6.42 Å². The number of hydrogen-bond acceptors (Lipinski definition) is 2. The summed E-state index contributed by atoms with van der Waals surface area (Å²) in [6.07, 6.45) is 5.66. The van der Waals surface area contributed by atoms with Gasteiger partial charge in [-0.3, -0.25) is 4.57 Å². The highest BCUT2D eigenvalue weighted by Crippen LogP contribution is 2.52. The first kappa shape index (κ1) is 13.2. The molecule has 0 heterocycles. The van der Waals surface area contributed by atoms with Gasteiger partial charge in [0.05, 0.1) is 12.3 Å². The average molecular weight is 236 g/mol. The van der Waals surface area contributed by atoms with Crippen LogP contribution >= 0.6 is 7.68 Å². The Morgan fingerprint density at radius 1 is 1.27 bits per heavy atom. The normalized spacial score (nSPS) is 31.1. The summed E-state index contributed by atoms with van der Waals surface area (Å²) in [5, 5.41) is 0. The van der Waals surface area contributed by atoms with Crippen molar-refractivity contribution in [2.75, 3.05) is 6.16 Å². The lowest BCUT2D eigenvalue weighted by Crippen LogP contribution is -2.20. The van der Waals surface area contributed by atoms with Crippen molar-refractivity contribution in [2.24, 2.45) is 5.92 Å². The Hall–Kier alpha value is 0.120. The first-order valence-corrected chi connectivity index (χ1v) is 7.74. The molecule has 0 aromatic carbocycles. The third-order valence-electron chi connectivity index (χ3n) is 3.17. The minimum atomic E-state index is -3.79. The zero-order chi connectivity index (χ0) is 11.3. The van der Waals surface area contributed by atoms with Crippen LogP contribution in [0, 0.1) is 5.92 Å². The lowest BCUT2D eigenvalue weighted by atomic mass is 9.86. The third kappa shape index (κ3) is 4.65. The molecule has 2 nitrogen and oxygen atoms in total. The van der Waals surface area contributed by atoms with Crippen molar-refractivity contribution in [3.63, 3.8) is 0 Å². The van der Waals surface area contributed by atoms with Crippen LogP contribution in [0.2, 0.25) is 0 Å². The van der Waals surface area contributed by atoms with Crippen molar-refractivity contribution in [1.29, 1.82) is 0 Å². The van der Waals surface area contributed by atoms with Crippen LogP contribution in [0.25, 0.3) is 0 Å². The van der Waals surface area contributed by atoms with Crippen LogP contribution in [0.3, 0.4) is 0 Å². The van der Waals surface area contributed by atoms with Crippen molar-refractivity contribution in [1.82, 2.24) is 0 Å². The molecular weight excluding hydrogens is 214 g/mol. The van der Waals surface area contributed by atoms with Crippen molar-refractivity contribution >= 4 is 7.68 Å². The summed E-state index contributed by atoms with van der Waals surface area (Å²) in [4.78, 5) is 0.